The molecule has 0 fully saturated rings. The van der Waals surface area contributed by atoms with Gasteiger partial charge in [-0.2, -0.15) is 0 Å². The second-order valence-electron chi connectivity index (χ2n) is 13.9. The van der Waals surface area contributed by atoms with Gasteiger partial charge in [0.1, 0.15) is 19.3 Å². The van der Waals surface area contributed by atoms with Crippen LogP contribution in [0.1, 0.15) is 86.5 Å². The molecule has 6 heteroatoms. The van der Waals surface area contributed by atoms with Crippen molar-refractivity contribution in [2.24, 2.45) is 0 Å². The Balaban J connectivity index is 0.00000676. The first-order valence-corrected chi connectivity index (χ1v) is 18.8. The topological polar surface area (TPSA) is 63.9 Å². The number of rotatable bonds is 25. The average molecular weight is 746 g/mol. The maximum absolute atomic E-state index is 11.6. The van der Waals surface area contributed by atoms with E-state index in [9.17, 15) is 15.3 Å². The molecule has 3 N–H and O–H groups in total. The van der Waals surface area contributed by atoms with Crippen molar-refractivity contribution in [1.82, 2.24) is 4.90 Å². The summed E-state index contributed by atoms with van der Waals surface area (Å²) < 4.78 is 0.501. The first-order valence-electron chi connectivity index (χ1n) is 18.8. The summed E-state index contributed by atoms with van der Waals surface area (Å²) in [6, 6.07) is 41.4. The zero-order chi connectivity index (χ0) is 34.4. The van der Waals surface area contributed by atoms with Crippen molar-refractivity contribution in [2.75, 3.05) is 26.2 Å². The molecule has 272 valence electrons. The highest BCUT2D eigenvalue weighted by Gasteiger charge is 2.35. The number of unbranched alkanes of at least 4 members (excludes halogenated alkanes) is 9. The molecule has 5 nitrogen and oxygen atoms in total. The summed E-state index contributed by atoms with van der Waals surface area (Å²) in [5.74, 6) is 0. The van der Waals surface area contributed by atoms with Crippen LogP contribution < -0.4 is 17.0 Å². The molecule has 0 amide bonds. The Bertz CT molecular complexity index is 1380. The van der Waals surface area contributed by atoms with Crippen LogP contribution in [0.2, 0.25) is 0 Å². The predicted molar refractivity (Wildman–Crippen MR) is 203 cm³/mol. The standard InChI is InChI=1S/C44H61N2O3.BrH/c47-34-33-46(38-42-29-19-12-20-30-42,44(49)36-40-25-15-10-16-26-40)32-22-8-6-4-2-1-3-5-7-21-31-45(37-41-27-17-11-18-28-41)43(48)35-39-23-13-9-14-24-39;/h9-20,23-30,43-44,47-49H,1-8,21-22,31-38H2;1H/q+1;/p-1. The lowest BCUT2D eigenvalue weighted by Gasteiger charge is -2.42. The Kier molecular flexibility index (Phi) is 20.3. The fraction of sp³-hybridized carbons (Fsp3) is 0.455. The molecule has 50 heavy (non-hydrogen) atoms. The smallest absolute Gasteiger partial charge is 0.194 e. The van der Waals surface area contributed by atoms with Gasteiger partial charge in [0, 0.05) is 25.1 Å². The molecule has 0 aliphatic carbocycles. The molecule has 0 bridgehead atoms. The number of quaternary nitrogens is 1. The van der Waals surface area contributed by atoms with Crippen LogP contribution in [0.4, 0.5) is 0 Å². The lowest BCUT2D eigenvalue weighted by atomic mass is 10.0. The largest absolute Gasteiger partial charge is 1.00 e. The van der Waals surface area contributed by atoms with Gasteiger partial charge in [0.25, 0.3) is 0 Å². The van der Waals surface area contributed by atoms with Crippen LogP contribution in [0.3, 0.4) is 0 Å². The molecule has 4 aromatic carbocycles. The maximum atomic E-state index is 11.6. The van der Waals surface area contributed by atoms with Gasteiger partial charge in [-0.25, -0.2) is 0 Å². The van der Waals surface area contributed by atoms with Crippen LogP contribution in [-0.2, 0) is 25.9 Å². The van der Waals surface area contributed by atoms with Crippen LogP contribution in [0.5, 0.6) is 0 Å². The number of benzene rings is 4. The first-order chi connectivity index (χ1) is 24.1. The van der Waals surface area contributed by atoms with Crippen LogP contribution in [0.15, 0.2) is 121 Å². The summed E-state index contributed by atoms with van der Waals surface area (Å²) in [7, 11) is 0. The minimum absolute atomic E-state index is 0. The lowest BCUT2D eigenvalue weighted by molar-refractivity contribution is -0.983. The number of halogens is 1. The molecule has 0 radical (unpaired) electrons. The van der Waals surface area contributed by atoms with Gasteiger partial charge in [0.15, 0.2) is 6.23 Å². The highest BCUT2D eigenvalue weighted by atomic mass is 79.9. The van der Waals surface area contributed by atoms with Gasteiger partial charge >= 0.3 is 0 Å². The second-order valence-corrected chi connectivity index (χ2v) is 13.9. The monoisotopic (exact) mass is 744 g/mol. The Morgan fingerprint density at radius 2 is 0.900 bits per heavy atom. The van der Waals surface area contributed by atoms with Crippen LogP contribution in [0.25, 0.3) is 0 Å². The van der Waals surface area contributed by atoms with Crippen molar-refractivity contribution in [2.45, 2.75) is 103 Å². The summed E-state index contributed by atoms with van der Waals surface area (Å²) in [6.45, 7) is 3.89. The van der Waals surface area contributed by atoms with Crippen LogP contribution >= 0.6 is 0 Å². The lowest BCUT2D eigenvalue weighted by Crippen LogP contribution is -3.00. The van der Waals surface area contributed by atoms with Crippen molar-refractivity contribution in [3.8, 4) is 0 Å². The Morgan fingerprint density at radius 1 is 0.480 bits per heavy atom. The van der Waals surface area contributed by atoms with E-state index in [4.69, 9.17) is 0 Å². The molecule has 3 atom stereocenters. The first kappa shape index (κ1) is 41.6. The molecule has 0 heterocycles. The molecule has 4 aromatic rings. The van der Waals surface area contributed by atoms with Crippen molar-refractivity contribution in [1.29, 1.82) is 0 Å². The van der Waals surface area contributed by atoms with E-state index in [1.54, 1.807) is 0 Å². The second kappa shape index (κ2) is 24.4. The molecule has 0 saturated heterocycles. The van der Waals surface area contributed by atoms with E-state index in [2.05, 4.69) is 77.7 Å². The SMILES string of the molecule is OCC[N+](CCCCCCCCCCCCN(Cc1ccccc1)C(O)Cc1ccccc1)(Cc1ccccc1)C(O)Cc1ccccc1.[Br-]. The van der Waals surface area contributed by atoms with Crippen LogP contribution in [0, 0.1) is 0 Å². The quantitative estimate of drug-likeness (QED) is 0.0475. The van der Waals surface area contributed by atoms with Gasteiger partial charge in [0.2, 0.25) is 0 Å². The van der Waals surface area contributed by atoms with E-state index in [0.29, 0.717) is 23.9 Å². The van der Waals surface area contributed by atoms with Gasteiger partial charge in [-0.15, -0.1) is 0 Å². The van der Waals surface area contributed by atoms with Crippen molar-refractivity contribution < 1.29 is 36.8 Å². The number of nitrogens with zero attached hydrogens (tertiary/aromatic N) is 2. The van der Waals surface area contributed by atoms with E-state index in [-0.39, 0.29) is 23.6 Å². The molecule has 0 aromatic heterocycles. The van der Waals surface area contributed by atoms with Crippen molar-refractivity contribution in [3.63, 3.8) is 0 Å². The van der Waals surface area contributed by atoms with Gasteiger partial charge in [0.05, 0.1) is 19.6 Å². The van der Waals surface area contributed by atoms with Crippen molar-refractivity contribution in [3.05, 3.63) is 144 Å². The summed E-state index contributed by atoms with van der Waals surface area (Å²) in [6.07, 6.45) is 12.2. The molecule has 0 spiro atoms. The van der Waals surface area contributed by atoms with E-state index < -0.39 is 12.5 Å². The van der Waals surface area contributed by atoms with Gasteiger partial charge in [-0.05, 0) is 36.0 Å². The third-order valence-electron chi connectivity index (χ3n) is 9.99. The zero-order valence-corrected chi connectivity index (χ0v) is 31.6. The zero-order valence-electron chi connectivity index (χ0n) is 30.0. The van der Waals surface area contributed by atoms with Gasteiger partial charge in [-0.1, -0.05) is 166 Å². The van der Waals surface area contributed by atoms with E-state index >= 15 is 0 Å². The minimum atomic E-state index is -0.563. The normalized spacial score (nSPS) is 13.8. The average Bonchev–Trinajstić information content (AvgIpc) is 3.13. The van der Waals surface area contributed by atoms with E-state index in [0.717, 1.165) is 51.0 Å². The molecule has 0 aliphatic rings. The third kappa shape index (κ3) is 15.2. The summed E-state index contributed by atoms with van der Waals surface area (Å²) >= 11 is 0. The third-order valence-corrected chi connectivity index (χ3v) is 9.99. The van der Waals surface area contributed by atoms with Gasteiger partial charge in [-0.3, -0.25) is 9.38 Å². The molecular weight excluding hydrogens is 684 g/mol. The van der Waals surface area contributed by atoms with Crippen LogP contribution in [-0.4, -0.2) is 63.4 Å². The molecule has 0 saturated carbocycles. The number of aliphatic hydroxyl groups is 3. The van der Waals surface area contributed by atoms with E-state index in [1.165, 1.54) is 61.6 Å². The summed E-state index contributed by atoms with van der Waals surface area (Å²) in [5.41, 5.74) is 4.75. The maximum Gasteiger partial charge on any atom is 0.194 e. The van der Waals surface area contributed by atoms with Crippen molar-refractivity contribution >= 4 is 0 Å². The molecule has 4 rings (SSSR count). The Labute approximate surface area is 313 Å². The minimum Gasteiger partial charge on any atom is -1.00 e. The van der Waals surface area contributed by atoms with E-state index in [1.807, 2.05) is 48.5 Å². The molecule has 0 aliphatic heterocycles. The number of aliphatic hydroxyl groups excluding tert-OH is 3. The Hall–Kier alpha value is -2.84. The summed E-state index contributed by atoms with van der Waals surface area (Å²) in [5, 5.41) is 32.8. The predicted octanol–water partition coefficient (Wildman–Crippen LogP) is 5.53. The van der Waals surface area contributed by atoms with Gasteiger partial charge < -0.3 is 32.3 Å². The highest BCUT2D eigenvalue weighted by molar-refractivity contribution is 5.18. The molecule has 3 unspecified atom stereocenters. The number of hydrogen-bond acceptors (Lipinski definition) is 4. The number of hydrogen-bond donors (Lipinski definition) is 3. The fourth-order valence-corrected chi connectivity index (χ4v) is 7.10. The Morgan fingerprint density at radius 3 is 1.40 bits per heavy atom. The highest BCUT2D eigenvalue weighted by Crippen LogP contribution is 2.24. The summed E-state index contributed by atoms with van der Waals surface area (Å²) in [4.78, 5) is 2.23. The fourth-order valence-electron chi connectivity index (χ4n) is 7.10. The molecular formula is C44H61BrN2O3.